The van der Waals surface area contributed by atoms with Crippen LogP contribution < -0.4 is 10.4 Å². The maximum Gasteiger partial charge on any atom is 0.344 e. The molecule has 0 fully saturated rings. The van der Waals surface area contributed by atoms with E-state index in [0.29, 0.717) is 10.9 Å². The zero-order valence-electron chi connectivity index (χ0n) is 24.5. The molecule has 2 rings (SSSR count). The Balaban J connectivity index is 2.42. The highest BCUT2D eigenvalue weighted by molar-refractivity contribution is 5.82. The molecule has 0 unspecified atom stereocenters. The Morgan fingerprint density at radius 3 is 2.81 bits per heavy atom. The smallest absolute Gasteiger partial charge is 0.344 e. The van der Waals surface area contributed by atoms with Crippen molar-refractivity contribution in [2.45, 2.75) is 34.0 Å². The van der Waals surface area contributed by atoms with E-state index in [-0.39, 0.29) is 35.0 Å². The fraction of sp³-hybridized carbons (Fsp3) is 0.500. The summed E-state index contributed by atoms with van der Waals surface area (Å²) in [5.74, 6) is -0.349. The average molecular weight is 371 g/mol. The molecule has 0 radical (unpaired) electrons. The van der Waals surface area contributed by atoms with E-state index in [1.54, 1.807) is 19.9 Å². The molecule has 1 aromatic heterocycles. The van der Waals surface area contributed by atoms with Gasteiger partial charge in [-0.3, -0.25) is 0 Å². The summed E-state index contributed by atoms with van der Waals surface area (Å²) in [5.41, 5.74) is -0.348. The van der Waals surface area contributed by atoms with Gasteiger partial charge in [-0.2, -0.15) is 0 Å². The van der Waals surface area contributed by atoms with Crippen LogP contribution in [0.25, 0.3) is 11.0 Å². The van der Waals surface area contributed by atoms with Crippen molar-refractivity contribution in [3.05, 3.63) is 39.7 Å². The van der Waals surface area contributed by atoms with Crippen molar-refractivity contribution < 1.29 is 32.4 Å². The Labute approximate surface area is 167 Å². The van der Waals surface area contributed by atoms with Crippen LogP contribution in [0.15, 0.2) is 27.4 Å². The molecule has 1 aromatic carbocycles. The second kappa shape index (κ2) is 9.38. The molecule has 0 bridgehead atoms. The van der Waals surface area contributed by atoms with Crippen LogP contribution in [0, 0.1) is 6.92 Å². The predicted molar refractivity (Wildman–Crippen MR) is 101 cm³/mol. The zero-order valence-corrected chi connectivity index (χ0v) is 14.5. The van der Waals surface area contributed by atoms with Gasteiger partial charge < -0.3 is 18.8 Å². The van der Waals surface area contributed by atoms with Crippen molar-refractivity contribution in [3.63, 3.8) is 0 Å². The van der Waals surface area contributed by atoms with E-state index in [4.69, 9.17) is 27.6 Å². The van der Waals surface area contributed by atoms with Gasteiger partial charge in [0.15, 0.2) is 6.61 Å². The van der Waals surface area contributed by atoms with Gasteiger partial charge in [0.25, 0.3) is 0 Å². The summed E-state index contributed by atoms with van der Waals surface area (Å²) in [6.07, 6.45) is -0.392. The van der Waals surface area contributed by atoms with Crippen LogP contribution in [0.4, 0.5) is 0 Å². The molecule has 142 valence electrons. The monoisotopic (exact) mass is 371 g/mol. The minimum absolute atomic E-state index is 0.00428. The van der Waals surface area contributed by atoms with E-state index in [1.165, 1.54) is 12.1 Å². The molecule has 0 aliphatic rings. The quantitative estimate of drug-likeness (QED) is 0.499. The highest BCUT2D eigenvalue weighted by Gasteiger charge is 2.13. The molecule has 0 saturated heterocycles. The number of fused-ring (bicyclic) bond motifs is 1. The largest absolute Gasteiger partial charge is 0.482 e. The minimum atomic E-state index is -3.38. The maximum atomic E-state index is 12.7. The number of aryl methyl sites for hydroxylation is 1. The van der Waals surface area contributed by atoms with Gasteiger partial charge in [0, 0.05) is 37.3 Å². The van der Waals surface area contributed by atoms with E-state index >= 15 is 0 Å². The van der Waals surface area contributed by atoms with Gasteiger partial charge in [0.1, 0.15) is 11.3 Å². The topological polar surface area (TPSA) is 69.0 Å². The number of carbonyl (C=O) groups excluding carboxylic acids is 1. The van der Waals surface area contributed by atoms with Crippen LogP contribution in [0.5, 0.6) is 5.75 Å². The molecule has 0 saturated carbocycles. The summed E-state index contributed by atoms with van der Waals surface area (Å²) >= 11 is 0. The Morgan fingerprint density at radius 1 is 1.35 bits per heavy atom. The Bertz CT molecular complexity index is 1130. The molecule has 6 nitrogen and oxygen atoms in total. The number of nitrogens with zero attached hydrogens (tertiary/aromatic N) is 1. The lowest BCUT2D eigenvalue weighted by molar-refractivity contribution is -0.145. The maximum absolute atomic E-state index is 12.7. The van der Waals surface area contributed by atoms with Crippen LogP contribution in [0.2, 0.25) is 0 Å². The Morgan fingerprint density at radius 2 is 2.12 bits per heavy atom. The number of hydrogen-bond acceptors (Lipinski definition) is 6. The molecule has 0 aliphatic heterocycles. The lowest BCUT2D eigenvalue weighted by atomic mass is 10.0. The molecule has 0 spiro atoms. The number of ether oxygens (including phenoxy) is 2. The van der Waals surface area contributed by atoms with E-state index in [9.17, 15) is 9.59 Å². The first-order chi connectivity index (χ1) is 16.3. The van der Waals surface area contributed by atoms with Gasteiger partial charge in [-0.15, -0.1) is 0 Å². The first kappa shape index (κ1) is 10.1. The van der Waals surface area contributed by atoms with Crippen LogP contribution in [0.3, 0.4) is 0 Å². The second-order valence-electron chi connectivity index (χ2n) is 5.37. The number of benzene rings is 1. The van der Waals surface area contributed by atoms with Crippen LogP contribution in [-0.2, 0) is 16.0 Å². The van der Waals surface area contributed by atoms with Gasteiger partial charge in [-0.05, 0) is 51.0 Å². The van der Waals surface area contributed by atoms with E-state index in [1.807, 2.05) is 0 Å². The lowest BCUT2D eigenvalue weighted by Crippen LogP contribution is -2.27. The number of hydrogen-bond donors (Lipinski definition) is 0. The van der Waals surface area contributed by atoms with Crippen LogP contribution >= 0.6 is 0 Å². The molecule has 2 aromatic rings. The summed E-state index contributed by atoms with van der Waals surface area (Å²) in [4.78, 5) is 24.3. The fourth-order valence-corrected chi connectivity index (χ4v) is 2.46. The number of carbonyl (C=O) groups is 1. The molecule has 26 heavy (non-hydrogen) atoms. The summed E-state index contributed by atoms with van der Waals surface area (Å²) < 4.78 is 92.2. The third-order valence-electron chi connectivity index (χ3n) is 3.78. The van der Waals surface area contributed by atoms with Gasteiger partial charge in [0.2, 0.25) is 0 Å². The summed E-state index contributed by atoms with van der Waals surface area (Å²) in [5, 5.41) is 0.456. The third kappa shape index (κ3) is 4.85. The van der Waals surface area contributed by atoms with Gasteiger partial charge in [-0.25, -0.2) is 9.59 Å². The highest BCUT2D eigenvalue weighted by Crippen LogP contribution is 2.24. The van der Waals surface area contributed by atoms with Gasteiger partial charge in [-0.1, -0.05) is 13.7 Å². The van der Waals surface area contributed by atoms with Crippen molar-refractivity contribution in [1.82, 2.24) is 4.90 Å². The number of esters is 1. The zero-order chi connectivity index (χ0) is 27.7. The molecule has 0 amide bonds. The van der Waals surface area contributed by atoms with Gasteiger partial charge >= 0.3 is 11.6 Å². The lowest BCUT2D eigenvalue weighted by Gasteiger charge is -2.18. The molecule has 0 aliphatic carbocycles. The summed E-state index contributed by atoms with van der Waals surface area (Å²) in [7, 11) is 0. The summed E-state index contributed by atoms with van der Waals surface area (Å²) in [6, 6.07) is 4.46. The Hall–Kier alpha value is -2.34. The number of rotatable bonds is 9. The third-order valence-corrected chi connectivity index (χ3v) is 3.78. The van der Waals surface area contributed by atoms with E-state index < -0.39 is 51.3 Å². The molecular weight excluding hydrogens is 334 g/mol. The van der Waals surface area contributed by atoms with Crippen molar-refractivity contribution >= 4 is 16.9 Å². The number of likely N-dealkylation sites (N-methyl/N-ethyl adjacent to an activating group) is 1. The van der Waals surface area contributed by atoms with Crippen molar-refractivity contribution in [2.24, 2.45) is 0 Å². The van der Waals surface area contributed by atoms with Crippen molar-refractivity contribution in [3.8, 4) is 5.75 Å². The first-order valence-corrected chi connectivity index (χ1v) is 7.97. The molecule has 1 heterocycles. The standard InChI is InChI=1S/C20H27NO5/c1-5-21(6-2)11-10-17-14(4)16-9-8-15(12-18(16)26-20(17)23)25-13-19(22)24-7-3/h8-9,12H,5-7,10-11,13H2,1-4H3/i1D3,2D3,5D2,6D2. The minimum Gasteiger partial charge on any atom is -0.482 e. The first-order valence-electron chi connectivity index (χ1n) is 13.0. The van der Waals surface area contributed by atoms with Crippen molar-refractivity contribution in [2.75, 3.05) is 32.8 Å². The molecule has 0 N–H and O–H groups in total. The normalized spacial score (nSPS) is 18.9. The fourth-order valence-electron chi connectivity index (χ4n) is 2.46. The van der Waals surface area contributed by atoms with E-state index in [2.05, 4.69) is 0 Å². The average Bonchev–Trinajstić information content (AvgIpc) is 2.72. The molecule has 6 heteroatoms. The van der Waals surface area contributed by atoms with Gasteiger partial charge in [0.05, 0.1) is 6.61 Å². The summed E-state index contributed by atoms with van der Waals surface area (Å²) in [6.45, 7) is -11.2. The highest BCUT2D eigenvalue weighted by atomic mass is 16.6. The second-order valence-corrected chi connectivity index (χ2v) is 5.37. The van der Waals surface area contributed by atoms with Crippen LogP contribution in [0.1, 0.15) is 45.5 Å². The Kier molecular flexibility index (Phi) is 3.65. The molecular formula is C20H27NO5. The molecule has 0 atom stereocenters. The van der Waals surface area contributed by atoms with E-state index in [0.717, 1.165) is 0 Å². The SMILES string of the molecule is [2H]C([2H])([2H])C([2H])([2H])N(CCc1c(C)c2ccc(OCC(=O)OCC)cc2oc1=O)C([2H])([2H])C([2H])([2H])[2H]. The van der Waals surface area contributed by atoms with Crippen LogP contribution in [-0.4, -0.2) is 43.6 Å². The van der Waals surface area contributed by atoms with Crippen molar-refractivity contribution in [1.29, 1.82) is 0 Å². The predicted octanol–water partition coefficient (Wildman–Crippen LogP) is 2.93.